The van der Waals surface area contributed by atoms with Gasteiger partial charge in [0.2, 0.25) is 0 Å². The maximum atomic E-state index is 12.6. The van der Waals surface area contributed by atoms with E-state index in [4.69, 9.17) is 5.26 Å². The number of hydrogen-bond donors (Lipinski definition) is 0. The number of nitrogens with zero attached hydrogens (tertiary/aromatic N) is 4. The van der Waals surface area contributed by atoms with Crippen molar-refractivity contribution in [2.24, 2.45) is 5.92 Å². The van der Waals surface area contributed by atoms with Crippen LogP contribution in [0.2, 0.25) is 0 Å². The molecule has 2 heterocycles. The van der Waals surface area contributed by atoms with Gasteiger partial charge in [0.25, 0.3) is 5.56 Å². The largest absolute Gasteiger partial charge is 0.285 e. The van der Waals surface area contributed by atoms with Crippen LogP contribution >= 0.6 is 11.8 Å². The maximum Gasteiger partial charge on any atom is 0.270 e. The van der Waals surface area contributed by atoms with Gasteiger partial charge in [-0.1, -0.05) is 11.8 Å². The molecule has 0 unspecified atom stereocenters. The predicted molar refractivity (Wildman–Crippen MR) is 75.6 cm³/mol. The van der Waals surface area contributed by atoms with Crippen LogP contribution in [0, 0.1) is 17.2 Å². The highest BCUT2D eigenvalue weighted by molar-refractivity contribution is 7.98. The first-order valence-corrected chi connectivity index (χ1v) is 7.77. The molecular formula is C14H12N4OS. The van der Waals surface area contributed by atoms with Gasteiger partial charge in [0.05, 0.1) is 5.54 Å². The number of thioether (sulfide) groups is 1. The minimum atomic E-state index is -0.205. The van der Waals surface area contributed by atoms with Crippen LogP contribution in [0.3, 0.4) is 0 Å². The molecule has 0 amide bonds. The van der Waals surface area contributed by atoms with Gasteiger partial charge in [0, 0.05) is 11.6 Å². The summed E-state index contributed by atoms with van der Waals surface area (Å²) < 4.78 is 1.77. The van der Waals surface area contributed by atoms with Gasteiger partial charge >= 0.3 is 0 Å². The smallest absolute Gasteiger partial charge is 0.270 e. The van der Waals surface area contributed by atoms with Crippen molar-refractivity contribution < 1.29 is 0 Å². The molecule has 0 saturated heterocycles. The van der Waals surface area contributed by atoms with Gasteiger partial charge < -0.3 is 0 Å². The van der Waals surface area contributed by atoms with E-state index in [1.807, 2.05) is 12.3 Å². The maximum absolute atomic E-state index is 12.6. The average molecular weight is 284 g/mol. The van der Waals surface area contributed by atoms with Crippen LogP contribution in [0.15, 0.2) is 22.2 Å². The zero-order valence-electron chi connectivity index (χ0n) is 11.0. The van der Waals surface area contributed by atoms with Crippen molar-refractivity contribution in [2.45, 2.75) is 30.0 Å². The molecule has 100 valence electrons. The van der Waals surface area contributed by atoms with Crippen LogP contribution in [-0.2, 0) is 5.54 Å². The Bertz CT molecular complexity index is 818. The first-order chi connectivity index (χ1) is 9.66. The second kappa shape index (κ2) is 3.83. The van der Waals surface area contributed by atoms with Crippen LogP contribution in [0.1, 0.15) is 24.8 Å². The molecular weight excluding hydrogens is 272 g/mol. The van der Waals surface area contributed by atoms with Gasteiger partial charge in [-0.2, -0.15) is 5.26 Å². The second-order valence-corrected chi connectivity index (χ2v) is 6.42. The van der Waals surface area contributed by atoms with Crippen molar-refractivity contribution in [2.75, 3.05) is 6.26 Å². The van der Waals surface area contributed by atoms with E-state index in [1.165, 1.54) is 11.8 Å². The molecule has 0 spiro atoms. The summed E-state index contributed by atoms with van der Waals surface area (Å²) in [6.07, 6.45) is 6.73. The lowest BCUT2D eigenvalue weighted by molar-refractivity contribution is -0.0884. The summed E-state index contributed by atoms with van der Waals surface area (Å²) in [5.41, 5.74) is 0.565. The summed E-state index contributed by atoms with van der Waals surface area (Å²) in [7, 11) is 0. The summed E-state index contributed by atoms with van der Waals surface area (Å²) in [6, 6.07) is 3.60. The molecule has 20 heavy (non-hydrogen) atoms. The van der Waals surface area contributed by atoms with E-state index in [0.717, 1.165) is 30.6 Å². The molecule has 6 heteroatoms. The fourth-order valence-electron chi connectivity index (χ4n) is 3.41. The minimum absolute atomic E-state index is 0.0864. The molecule has 0 radical (unpaired) electrons. The number of pyridine rings is 1. The van der Waals surface area contributed by atoms with E-state index in [0.29, 0.717) is 10.8 Å². The molecule has 0 N–H and O–H groups in total. The summed E-state index contributed by atoms with van der Waals surface area (Å²) in [6.45, 7) is 0. The van der Waals surface area contributed by atoms with Crippen LogP contribution < -0.4 is 5.56 Å². The number of nitriles is 1. The Morgan fingerprint density at radius 3 is 2.80 bits per heavy atom. The Balaban J connectivity index is 2.09. The Morgan fingerprint density at radius 1 is 1.50 bits per heavy atom. The molecule has 2 bridgehead atoms. The van der Waals surface area contributed by atoms with Crippen molar-refractivity contribution in [1.82, 2.24) is 14.5 Å². The Kier molecular flexibility index (Phi) is 2.28. The summed E-state index contributed by atoms with van der Waals surface area (Å²) in [5, 5.41) is 10.6. The van der Waals surface area contributed by atoms with Crippen molar-refractivity contribution in [3.05, 3.63) is 28.2 Å². The van der Waals surface area contributed by atoms with Gasteiger partial charge in [0.1, 0.15) is 17.3 Å². The third kappa shape index (κ3) is 1.36. The normalized spacial score (nSPS) is 26.7. The fraction of sp³-hybridized carbons (Fsp3) is 0.429. The highest BCUT2D eigenvalue weighted by Crippen LogP contribution is 2.62. The van der Waals surface area contributed by atoms with Crippen molar-refractivity contribution in [3.8, 4) is 6.07 Å². The molecule has 2 aromatic rings. The van der Waals surface area contributed by atoms with E-state index in [9.17, 15) is 4.79 Å². The van der Waals surface area contributed by atoms with E-state index in [1.54, 1.807) is 16.8 Å². The number of rotatable bonds is 2. The number of fused-ring (bicyclic) bond motifs is 1. The third-order valence-corrected chi connectivity index (χ3v) is 5.06. The van der Waals surface area contributed by atoms with Crippen molar-refractivity contribution >= 4 is 22.8 Å². The highest BCUT2D eigenvalue weighted by Gasteiger charge is 2.59. The van der Waals surface area contributed by atoms with E-state index in [-0.39, 0.29) is 16.7 Å². The van der Waals surface area contributed by atoms with Crippen LogP contribution in [0.4, 0.5) is 0 Å². The van der Waals surface area contributed by atoms with E-state index >= 15 is 0 Å². The molecule has 3 aliphatic rings. The van der Waals surface area contributed by atoms with Gasteiger partial charge in [-0.15, -0.1) is 0 Å². The van der Waals surface area contributed by atoms with Crippen LogP contribution in [0.25, 0.3) is 11.0 Å². The zero-order chi connectivity index (χ0) is 13.9. The second-order valence-electron chi connectivity index (χ2n) is 5.65. The summed E-state index contributed by atoms with van der Waals surface area (Å²) in [4.78, 5) is 21.3. The highest BCUT2D eigenvalue weighted by atomic mass is 32.2. The lowest BCUT2D eigenvalue weighted by atomic mass is 9.49. The lowest BCUT2D eigenvalue weighted by Gasteiger charge is -2.62. The van der Waals surface area contributed by atoms with Gasteiger partial charge in [-0.25, -0.2) is 9.97 Å². The van der Waals surface area contributed by atoms with Crippen LogP contribution in [-0.4, -0.2) is 20.8 Å². The van der Waals surface area contributed by atoms with Crippen molar-refractivity contribution in [3.63, 3.8) is 0 Å². The molecule has 0 aromatic carbocycles. The van der Waals surface area contributed by atoms with Gasteiger partial charge in [0.15, 0.2) is 5.16 Å². The SMILES string of the molecule is CSc1ncc2cc(C#N)c(=O)n(C34CC(C3)C4)c2n1. The standard InChI is InChI=1S/C14H12N4OS/c1-20-13-16-7-10-2-9(6-15)12(19)18(11(10)17-13)14-3-8(4-14)5-14/h2,7-8H,3-5H2,1H3. The molecule has 3 saturated carbocycles. The molecule has 0 aliphatic heterocycles. The monoisotopic (exact) mass is 284 g/mol. The van der Waals surface area contributed by atoms with Crippen molar-refractivity contribution in [1.29, 1.82) is 5.26 Å². The predicted octanol–water partition coefficient (Wildman–Crippen LogP) is 1.89. The molecule has 5 rings (SSSR count). The lowest BCUT2D eigenvalue weighted by Crippen LogP contribution is -2.62. The minimum Gasteiger partial charge on any atom is -0.285 e. The quantitative estimate of drug-likeness (QED) is 0.622. The number of hydrogen-bond acceptors (Lipinski definition) is 5. The Labute approximate surface area is 119 Å². The fourth-order valence-corrected chi connectivity index (χ4v) is 3.74. The average Bonchev–Trinajstić information content (AvgIpc) is 2.37. The topological polar surface area (TPSA) is 71.6 Å². The summed E-state index contributed by atoms with van der Waals surface area (Å²) in [5.74, 6) is 0.754. The third-order valence-electron chi connectivity index (χ3n) is 4.50. The Hall–Kier alpha value is -1.87. The van der Waals surface area contributed by atoms with Crippen LogP contribution in [0.5, 0.6) is 0 Å². The van der Waals surface area contributed by atoms with Gasteiger partial charge in [-0.05, 0) is 37.5 Å². The number of aromatic nitrogens is 3. The molecule has 2 aromatic heterocycles. The first-order valence-electron chi connectivity index (χ1n) is 6.54. The zero-order valence-corrected chi connectivity index (χ0v) is 11.8. The van der Waals surface area contributed by atoms with E-state index in [2.05, 4.69) is 9.97 Å². The molecule has 5 nitrogen and oxygen atoms in total. The molecule has 3 aliphatic carbocycles. The first kappa shape index (κ1) is 11.9. The summed E-state index contributed by atoms with van der Waals surface area (Å²) >= 11 is 1.45. The van der Waals surface area contributed by atoms with Gasteiger partial charge in [-0.3, -0.25) is 9.36 Å². The molecule has 3 fully saturated rings. The van der Waals surface area contributed by atoms with E-state index < -0.39 is 0 Å². The molecule has 0 atom stereocenters. The Morgan fingerprint density at radius 2 is 2.25 bits per heavy atom.